The second kappa shape index (κ2) is 4.38. The van der Waals surface area contributed by atoms with E-state index in [-0.39, 0.29) is 6.04 Å². The highest BCUT2D eigenvalue weighted by atomic mass is 79.9. The number of nitrogens with two attached hydrogens (primary N) is 1. The molecule has 0 saturated heterocycles. The van der Waals surface area contributed by atoms with E-state index in [9.17, 15) is 0 Å². The van der Waals surface area contributed by atoms with Crippen LogP contribution in [0.3, 0.4) is 0 Å². The van der Waals surface area contributed by atoms with Crippen LogP contribution in [0.2, 0.25) is 0 Å². The summed E-state index contributed by atoms with van der Waals surface area (Å²) in [6.07, 6.45) is 3.48. The van der Waals surface area contributed by atoms with Gasteiger partial charge in [0.1, 0.15) is 5.75 Å². The Kier molecular flexibility index (Phi) is 3.27. The predicted molar refractivity (Wildman–Crippen MR) is 69.7 cm³/mol. The molecule has 0 spiro atoms. The van der Waals surface area contributed by atoms with Gasteiger partial charge in [0.25, 0.3) is 0 Å². The largest absolute Gasteiger partial charge is 0.496 e. The summed E-state index contributed by atoms with van der Waals surface area (Å²) < 4.78 is 6.21. The van der Waals surface area contributed by atoms with Gasteiger partial charge in [0, 0.05) is 6.04 Å². The Balaban J connectivity index is 2.07. The van der Waals surface area contributed by atoms with Crippen molar-refractivity contribution < 1.29 is 4.74 Å². The summed E-state index contributed by atoms with van der Waals surface area (Å²) in [4.78, 5) is 0. The topological polar surface area (TPSA) is 35.2 Å². The van der Waals surface area contributed by atoms with Crippen LogP contribution in [0.25, 0.3) is 0 Å². The van der Waals surface area contributed by atoms with Crippen LogP contribution in [0, 0.1) is 5.41 Å². The van der Waals surface area contributed by atoms with E-state index in [2.05, 4.69) is 35.0 Å². The molecule has 0 radical (unpaired) electrons. The van der Waals surface area contributed by atoms with Crippen LogP contribution in [0.15, 0.2) is 22.7 Å². The molecule has 0 bridgehead atoms. The fraction of sp³-hybridized carbons (Fsp3) is 0.538. The zero-order valence-electron chi connectivity index (χ0n) is 9.79. The molecule has 1 unspecified atom stereocenters. The standard InChI is InChI=1S/C13H18BrNO/c1-13(5-6-13)12(15)8-9-3-4-11(16-2)10(14)7-9/h3-4,7,12H,5-6,8,15H2,1-2H3. The Morgan fingerprint density at radius 1 is 1.50 bits per heavy atom. The minimum Gasteiger partial charge on any atom is -0.496 e. The Labute approximate surface area is 105 Å². The summed E-state index contributed by atoms with van der Waals surface area (Å²) in [5.74, 6) is 0.870. The van der Waals surface area contributed by atoms with Crippen molar-refractivity contribution in [3.63, 3.8) is 0 Å². The smallest absolute Gasteiger partial charge is 0.133 e. The van der Waals surface area contributed by atoms with E-state index in [1.165, 1.54) is 18.4 Å². The molecular weight excluding hydrogens is 266 g/mol. The number of halogens is 1. The van der Waals surface area contributed by atoms with Gasteiger partial charge in [0.15, 0.2) is 0 Å². The number of rotatable bonds is 4. The van der Waals surface area contributed by atoms with E-state index < -0.39 is 0 Å². The maximum absolute atomic E-state index is 6.22. The maximum atomic E-state index is 6.22. The van der Waals surface area contributed by atoms with E-state index in [1.807, 2.05) is 6.07 Å². The quantitative estimate of drug-likeness (QED) is 0.922. The number of hydrogen-bond acceptors (Lipinski definition) is 2. The minimum atomic E-state index is 0.271. The molecule has 1 aliphatic carbocycles. The fourth-order valence-electron chi connectivity index (χ4n) is 1.91. The summed E-state index contributed by atoms with van der Waals surface area (Å²) in [6.45, 7) is 2.27. The second-order valence-corrected chi connectivity index (χ2v) is 5.79. The third-order valence-electron chi connectivity index (χ3n) is 3.61. The molecule has 2 nitrogen and oxygen atoms in total. The molecule has 88 valence electrons. The molecule has 1 saturated carbocycles. The first-order valence-corrected chi connectivity index (χ1v) is 6.42. The van der Waals surface area contributed by atoms with Crippen LogP contribution in [0.5, 0.6) is 5.75 Å². The molecule has 1 atom stereocenters. The van der Waals surface area contributed by atoms with Crippen molar-refractivity contribution >= 4 is 15.9 Å². The van der Waals surface area contributed by atoms with Crippen LogP contribution in [-0.2, 0) is 6.42 Å². The van der Waals surface area contributed by atoms with Gasteiger partial charge in [-0.25, -0.2) is 0 Å². The van der Waals surface area contributed by atoms with Crippen LogP contribution >= 0.6 is 15.9 Å². The molecular formula is C13H18BrNO. The Hall–Kier alpha value is -0.540. The van der Waals surface area contributed by atoms with Gasteiger partial charge in [0.05, 0.1) is 11.6 Å². The molecule has 2 rings (SSSR count). The lowest BCUT2D eigenvalue weighted by molar-refractivity contribution is 0.411. The van der Waals surface area contributed by atoms with Gasteiger partial charge in [-0.05, 0) is 58.3 Å². The Bertz CT molecular complexity index is 388. The SMILES string of the molecule is COc1ccc(CC(N)C2(C)CC2)cc1Br. The van der Waals surface area contributed by atoms with Crippen molar-refractivity contribution in [3.8, 4) is 5.75 Å². The lowest BCUT2D eigenvalue weighted by Gasteiger charge is -2.19. The molecule has 0 heterocycles. The Morgan fingerprint density at radius 3 is 2.69 bits per heavy atom. The van der Waals surface area contributed by atoms with E-state index >= 15 is 0 Å². The highest BCUT2D eigenvalue weighted by Crippen LogP contribution is 2.48. The third kappa shape index (κ3) is 2.41. The molecule has 0 aliphatic heterocycles. The number of methoxy groups -OCH3 is 1. The van der Waals surface area contributed by atoms with Crippen LogP contribution in [-0.4, -0.2) is 13.2 Å². The van der Waals surface area contributed by atoms with E-state index in [1.54, 1.807) is 7.11 Å². The first-order valence-electron chi connectivity index (χ1n) is 5.63. The third-order valence-corrected chi connectivity index (χ3v) is 4.23. The number of ether oxygens (including phenoxy) is 1. The molecule has 3 heteroatoms. The maximum Gasteiger partial charge on any atom is 0.133 e. The first-order chi connectivity index (χ1) is 7.55. The van der Waals surface area contributed by atoms with Crippen LogP contribution in [0.4, 0.5) is 0 Å². The highest BCUT2D eigenvalue weighted by Gasteiger charge is 2.42. The monoisotopic (exact) mass is 283 g/mol. The molecule has 1 aromatic rings. The summed E-state index contributed by atoms with van der Waals surface area (Å²) in [7, 11) is 1.68. The second-order valence-electron chi connectivity index (χ2n) is 4.93. The zero-order chi connectivity index (χ0) is 11.8. The van der Waals surface area contributed by atoms with Gasteiger partial charge in [-0.3, -0.25) is 0 Å². The predicted octanol–water partition coefficient (Wildman–Crippen LogP) is 3.13. The minimum absolute atomic E-state index is 0.271. The van der Waals surface area contributed by atoms with Gasteiger partial charge < -0.3 is 10.5 Å². The summed E-state index contributed by atoms with van der Waals surface area (Å²) in [5, 5.41) is 0. The fourth-order valence-corrected chi connectivity index (χ4v) is 2.49. The molecule has 1 fully saturated rings. The van der Waals surface area contributed by atoms with E-state index in [4.69, 9.17) is 10.5 Å². The lowest BCUT2D eigenvalue weighted by atomic mass is 9.93. The van der Waals surface area contributed by atoms with Gasteiger partial charge >= 0.3 is 0 Å². The Morgan fingerprint density at radius 2 is 2.19 bits per heavy atom. The van der Waals surface area contributed by atoms with Crippen LogP contribution < -0.4 is 10.5 Å². The molecule has 1 aliphatic rings. The zero-order valence-corrected chi connectivity index (χ0v) is 11.4. The van der Waals surface area contributed by atoms with Gasteiger partial charge in [-0.15, -0.1) is 0 Å². The van der Waals surface area contributed by atoms with Crippen molar-refractivity contribution in [1.29, 1.82) is 0 Å². The number of benzene rings is 1. The molecule has 0 aromatic heterocycles. The summed E-state index contributed by atoms with van der Waals surface area (Å²) in [5.41, 5.74) is 7.87. The summed E-state index contributed by atoms with van der Waals surface area (Å²) in [6, 6.07) is 6.45. The molecule has 0 amide bonds. The average Bonchev–Trinajstić information content (AvgIpc) is 2.98. The van der Waals surface area contributed by atoms with Crippen molar-refractivity contribution in [2.24, 2.45) is 11.1 Å². The van der Waals surface area contributed by atoms with Crippen molar-refractivity contribution in [3.05, 3.63) is 28.2 Å². The first kappa shape index (κ1) is 11.9. The number of hydrogen-bond donors (Lipinski definition) is 1. The normalized spacial score (nSPS) is 19.2. The summed E-state index contributed by atoms with van der Waals surface area (Å²) >= 11 is 3.50. The van der Waals surface area contributed by atoms with Crippen molar-refractivity contribution in [1.82, 2.24) is 0 Å². The van der Waals surface area contributed by atoms with E-state index in [0.717, 1.165) is 16.6 Å². The van der Waals surface area contributed by atoms with Crippen molar-refractivity contribution in [2.45, 2.75) is 32.2 Å². The highest BCUT2D eigenvalue weighted by molar-refractivity contribution is 9.10. The molecule has 2 N–H and O–H groups in total. The average molecular weight is 284 g/mol. The van der Waals surface area contributed by atoms with Crippen molar-refractivity contribution in [2.75, 3.05) is 7.11 Å². The molecule has 16 heavy (non-hydrogen) atoms. The van der Waals surface area contributed by atoms with Gasteiger partial charge in [-0.1, -0.05) is 13.0 Å². The van der Waals surface area contributed by atoms with Gasteiger partial charge in [0.2, 0.25) is 0 Å². The van der Waals surface area contributed by atoms with Crippen LogP contribution in [0.1, 0.15) is 25.3 Å². The van der Waals surface area contributed by atoms with E-state index in [0.29, 0.717) is 5.41 Å². The lowest BCUT2D eigenvalue weighted by Crippen LogP contribution is -2.31. The molecule has 1 aromatic carbocycles. The van der Waals surface area contributed by atoms with Gasteiger partial charge in [-0.2, -0.15) is 0 Å².